The van der Waals surface area contributed by atoms with Crippen molar-refractivity contribution in [2.75, 3.05) is 11.9 Å². The van der Waals surface area contributed by atoms with E-state index in [1.54, 1.807) is 17.0 Å². The minimum Gasteiger partial charge on any atom is -0.444 e. The number of hydrogen-bond donors (Lipinski definition) is 1. The number of halogens is 2. The highest BCUT2D eigenvalue weighted by molar-refractivity contribution is 6.34. The first-order valence-electron chi connectivity index (χ1n) is 10.7. The summed E-state index contributed by atoms with van der Waals surface area (Å²) in [6.45, 7) is 8.24. The summed E-state index contributed by atoms with van der Waals surface area (Å²) in [7, 11) is 0. The number of likely N-dealkylation sites (tertiary alicyclic amines) is 1. The van der Waals surface area contributed by atoms with Crippen LogP contribution in [-0.4, -0.2) is 40.1 Å². The molecule has 1 aromatic carbocycles. The zero-order chi connectivity index (χ0) is 23.5. The molecule has 0 bridgehead atoms. The van der Waals surface area contributed by atoms with Crippen LogP contribution in [0, 0.1) is 11.7 Å². The number of pyridine rings is 1. The van der Waals surface area contributed by atoms with E-state index in [1.165, 1.54) is 18.2 Å². The van der Waals surface area contributed by atoms with Crippen LogP contribution in [0.3, 0.4) is 0 Å². The molecule has 32 heavy (non-hydrogen) atoms. The number of nitrogens with zero attached hydrogens (tertiary/aromatic N) is 2. The third kappa shape index (κ3) is 6.19. The van der Waals surface area contributed by atoms with Crippen molar-refractivity contribution in [2.24, 2.45) is 5.92 Å². The van der Waals surface area contributed by atoms with E-state index >= 15 is 0 Å². The molecule has 0 radical (unpaired) electrons. The minimum absolute atomic E-state index is 0.0457. The zero-order valence-corrected chi connectivity index (χ0v) is 19.6. The quantitative estimate of drug-likeness (QED) is 0.633. The van der Waals surface area contributed by atoms with E-state index in [4.69, 9.17) is 16.3 Å². The van der Waals surface area contributed by atoms with E-state index in [0.717, 1.165) is 25.0 Å². The smallest absolute Gasteiger partial charge is 0.410 e. The predicted molar refractivity (Wildman–Crippen MR) is 122 cm³/mol. The zero-order valence-electron chi connectivity index (χ0n) is 18.8. The second-order valence-electron chi connectivity index (χ2n) is 9.18. The van der Waals surface area contributed by atoms with E-state index in [9.17, 15) is 14.0 Å². The highest BCUT2D eigenvalue weighted by atomic mass is 35.5. The third-order valence-corrected chi connectivity index (χ3v) is 5.66. The monoisotopic (exact) mass is 461 g/mol. The minimum atomic E-state index is -0.683. The largest absolute Gasteiger partial charge is 0.444 e. The van der Waals surface area contributed by atoms with Gasteiger partial charge in [0.05, 0.1) is 10.6 Å². The highest BCUT2D eigenvalue weighted by Gasteiger charge is 2.32. The SMILES string of the molecule is CC1CC(Cc2cccc(NC(=O)c3c(F)cccc3Cl)n2)CCN1C(=O)OC(C)(C)C. The Bertz CT molecular complexity index is 972. The second kappa shape index (κ2) is 9.86. The van der Waals surface area contributed by atoms with Crippen molar-refractivity contribution in [1.82, 2.24) is 9.88 Å². The van der Waals surface area contributed by atoms with Crippen LogP contribution in [-0.2, 0) is 11.2 Å². The van der Waals surface area contributed by atoms with Gasteiger partial charge in [0.15, 0.2) is 0 Å². The van der Waals surface area contributed by atoms with Gasteiger partial charge in [-0.15, -0.1) is 0 Å². The van der Waals surface area contributed by atoms with Gasteiger partial charge in [0.25, 0.3) is 5.91 Å². The fraction of sp³-hybridized carbons (Fsp3) is 0.458. The van der Waals surface area contributed by atoms with Crippen molar-refractivity contribution in [3.8, 4) is 0 Å². The average molecular weight is 462 g/mol. The molecule has 6 nitrogen and oxygen atoms in total. The molecule has 0 saturated carbocycles. The topological polar surface area (TPSA) is 71.5 Å². The number of nitrogens with one attached hydrogen (secondary N) is 1. The molecular weight excluding hydrogens is 433 g/mol. The molecule has 1 saturated heterocycles. The number of benzene rings is 1. The fourth-order valence-electron chi connectivity index (χ4n) is 3.90. The molecular formula is C24H29ClFN3O3. The van der Waals surface area contributed by atoms with Crippen molar-refractivity contribution < 1.29 is 18.7 Å². The molecule has 0 spiro atoms. The molecule has 2 heterocycles. The first-order valence-corrected chi connectivity index (χ1v) is 11.1. The lowest BCUT2D eigenvalue weighted by Crippen LogP contribution is -2.47. The fourth-order valence-corrected chi connectivity index (χ4v) is 4.15. The van der Waals surface area contributed by atoms with Crippen LogP contribution in [0.4, 0.5) is 15.0 Å². The molecule has 2 amide bonds. The van der Waals surface area contributed by atoms with Gasteiger partial charge < -0.3 is 15.0 Å². The van der Waals surface area contributed by atoms with Gasteiger partial charge in [-0.25, -0.2) is 14.2 Å². The van der Waals surface area contributed by atoms with Crippen LogP contribution < -0.4 is 5.32 Å². The number of aromatic nitrogens is 1. The molecule has 3 rings (SSSR count). The number of hydrogen-bond acceptors (Lipinski definition) is 4. The molecule has 1 N–H and O–H groups in total. The number of anilines is 1. The summed E-state index contributed by atoms with van der Waals surface area (Å²) in [5.74, 6) is -0.636. The summed E-state index contributed by atoms with van der Waals surface area (Å²) in [5.41, 5.74) is 0.102. The Morgan fingerprint density at radius 2 is 1.97 bits per heavy atom. The molecule has 172 valence electrons. The first-order chi connectivity index (χ1) is 15.0. The normalized spacial score (nSPS) is 18.9. The van der Waals surface area contributed by atoms with E-state index in [1.807, 2.05) is 33.8 Å². The van der Waals surface area contributed by atoms with E-state index < -0.39 is 17.3 Å². The Hall–Kier alpha value is -2.67. The number of amides is 2. The van der Waals surface area contributed by atoms with Gasteiger partial charge >= 0.3 is 6.09 Å². The number of carbonyl (C=O) groups is 2. The maximum Gasteiger partial charge on any atom is 0.410 e. The van der Waals surface area contributed by atoms with Gasteiger partial charge in [0, 0.05) is 18.3 Å². The van der Waals surface area contributed by atoms with Gasteiger partial charge in [-0.3, -0.25) is 4.79 Å². The van der Waals surface area contributed by atoms with Crippen LogP contribution >= 0.6 is 11.6 Å². The summed E-state index contributed by atoms with van der Waals surface area (Å²) in [6, 6.07) is 9.53. The Kier molecular flexibility index (Phi) is 7.39. The lowest BCUT2D eigenvalue weighted by atomic mass is 9.88. The van der Waals surface area contributed by atoms with Crippen LogP contribution in [0.2, 0.25) is 5.02 Å². The van der Waals surface area contributed by atoms with Crippen molar-refractivity contribution in [2.45, 2.75) is 58.6 Å². The Morgan fingerprint density at radius 3 is 2.62 bits per heavy atom. The molecule has 2 unspecified atom stereocenters. The van der Waals surface area contributed by atoms with Gasteiger partial charge in [0.2, 0.25) is 0 Å². The standard InChI is InChI=1S/C24H29ClFN3O3/c1-15-13-16(11-12-29(15)23(31)32-24(2,3)4)14-17-7-5-10-20(27-17)28-22(30)21-18(25)8-6-9-19(21)26/h5-10,15-16H,11-14H2,1-4H3,(H,27,28,30). The maximum absolute atomic E-state index is 14.0. The third-order valence-electron chi connectivity index (χ3n) is 5.35. The van der Waals surface area contributed by atoms with E-state index in [0.29, 0.717) is 18.3 Å². The molecule has 2 aromatic rings. The molecule has 0 aliphatic carbocycles. The van der Waals surface area contributed by atoms with Crippen molar-refractivity contribution in [1.29, 1.82) is 0 Å². The lowest BCUT2D eigenvalue weighted by Gasteiger charge is -2.38. The number of ether oxygens (including phenoxy) is 1. The first kappa shape index (κ1) is 24.0. The molecule has 1 aliphatic heterocycles. The molecule has 1 aliphatic rings. The van der Waals surface area contributed by atoms with Crippen molar-refractivity contribution in [3.05, 3.63) is 58.5 Å². The number of carbonyl (C=O) groups excluding carboxylic acids is 2. The average Bonchev–Trinajstić information content (AvgIpc) is 2.66. The van der Waals surface area contributed by atoms with E-state index in [-0.39, 0.29) is 22.7 Å². The summed E-state index contributed by atoms with van der Waals surface area (Å²) in [6.07, 6.45) is 2.11. The van der Waals surface area contributed by atoms with Crippen LogP contribution in [0.15, 0.2) is 36.4 Å². The van der Waals surface area contributed by atoms with Crippen molar-refractivity contribution >= 4 is 29.4 Å². The van der Waals surface area contributed by atoms with Crippen molar-refractivity contribution in [3.63, 3.8) is 0 Å². The Balaban J connectivity index is 1.61. The van der Waals surface area contributed by atoms with Gasteiger partial charge in [-0.1, -0.05) is 23.7 Å². The summed E-state index contributed by atoms with van der Waals surface area (Å²) in [5, 5.41) is 2.67. The summed E-state index contributed by atoms with van der Waals surface area (Å²) in [4.78, 5) is 31.2. The summed E-state index contributed by atoms with van der Waals surface area (Å²) >= 11 is 5.98. The van der Waals surface area contributed by atoms with Crippen LogP contribution in [0.5, 0.6) is 0 Å². The maximum atomic E-state index is 14.0. The predicted octanol–water partition coefficient (Wildman–Crippen LogP) is 5.70. The number of rotatable bonds is 4. The molecule has 8 heteroatoms. The summed E-state index contributed by atoms with van der Waals surface area (Å²) < 4.78 is 19.5. The lowest BCUT2D eigenvalue weighted by molar-refractivity contribution is 0.00714. The van der Waals surface area contributed by atoms with Crippen LogP contribution in [0.1, 0.15) is 56.6 Å². The number of piperidine rings is 1. The van der Waals surface area contributed by atoms with Gasteiger partial charge in [-0.2, -0.15) is 0 Å². The molecule has 1 fully saturated rings. The molecule has 1 aromatic heterocycles. The Morgan fingerprint density at radius 1 is 1.25 bits per heavy atom. The highest BCUT2D eigenvalue weighted by Crippen LogP contribution is 2.27. The second-order valence-corrected chi connectivity index (χ2v) is 9.59. The van der Waals surface area contributed by atoms with Crippen LogP contribution in [0.25, 0.3) is 0 Å². The van der Waals surface area contributed by atoms with E-state index in [2.05, 4.69) is 10.3 Å². The van der Waals surface area contributed by atoms with Gasteiger partial charge in [-0.05, 0) is 77.1 Å². The molecule has 2 atom stereocenters. The van der Waals surface area contributed by atoms with Gasteiger partial charge in [0.1, 0.15) is 17.2 Å². The Labute approximate surface area is 193 Å².